The summed E-state index contributed by atoms with van der Waals surface area (Å²) in [6.45, 7) is 0. The second kappa shape index (κ2) is 3.18. The van der Waals surface area contributed by atoms with Crippen molar-refractivity contribution in [1.82, 2.24) is 0 Å². The van der Waals surface area contributed by atoms with Gasteiger partial charge in [0.2, 0.25) is 0 Å². The molecule has 1 rings (SSSR count). The third-order valence-electron chi connectivity index (χ3n) is 1.31. The molecule has 1 aromatic carbocycles. The molecule has 0 atom stereocenters. The maximum Gasteiger partial charge on any atom is 0.262 e. The summed E-state index contributed by atoms with van der Waals surface area (Å²) in [5.74, 6) is 2.24. The Labute approximate surface area is 75.6 Å². The molecule has 0 aliphatic heterocycles. The van der Waals surface area contributed by atoms with Crippen molar-refractivity contribution in [2.75, 3.05) is 0 Å². The van der Waals surface area contributed by atoms with Gasteiger partial charge in [-0.3, -0.25) is 0 Å². The van der Waals surface area contributed by atoms with Gasteiger partial charge >= 0.3 is 0 Å². The van der Waals surface area contributed by atoms with Gasteiger partial charge in [-0.05, 0) is 12.1 Å². The fraction of sp³-hybridized carbons (Fsp3) is 0. The van der Waals surface area contributed by atoms with E-state index in [1.165, 1.54) is 12.1 Å². The maximum atomic E-state index is 10.9. The van der Waals surface area contributed by atoms with Gasteiger partial charge in [-0.15, -0.1) is 6.42 Å². The largest absolute Gasteiger partial charge is 0.262 e. The smallest absolute Gasteiger partial charge is 0.207 e. The third kappa shape index (κ3) is 1.79. The summed E-state index contributed by atoms with van der Waals surface area (Å²) in [6.07, 6.45) is 5.07. The molecular weight excluding hydrogens is 196 g/mol. The standard InChI is InChI=1S/C8H5ClO2S/c1-2-7-5-3-4-6-8(7)12(9,10)11/h1,3-6H. The maximum absolute atomic E-state index is 10.9. The Morgan fingerprint density at radius 1 is 1.33 bits per heavy atom. The highest BCUT2D eigenvalue weighted by molar-refractivity contribution is 8.13. The second-order valence-electron chi connectivity index (χ2n) is 2.08. The molecule has 0 aromatic heterocycles. The van der Waals surface area contributed by atoms with Crippen LogP contribution in [0.4, 0.5) is 0 Å². The first-order chi connectivity index (χ1) is 5.55. The van der Waals surface area contributed by atoms with Crippen LogP contribution in [-0.4, -0.2) is 8.42 Å². The molecule has 0 aliphatic carbocycles. The Balaban J connectivity index is 3.47. The molecule has 0 fully saturated rings. The molecule has 0 spiro atoms. The average molecular weight is 201 g/mol. The summed E-state index contributed by atoms with van der Waals surface area (Å²) in [6, 6.07) is 6.11. The Morgan fingerprint density at radius 3 is 2.33 bits per heavy atom. The molecule has 0 N–H and O–H groups in total. The molecule has 0 saturated carbocycles. The number of halogens is 1. The van der Waals surface area contributed by atoms with E-state index in [-0.39, 0.29) is 10.5 Å². The van der Waals surface area contributed by atoms with Crippen LogP contribution in [0.1, 0.15) is 5.56 Å². The molecule has 0 radical (unpaired) electrons. The fourth-order valence-corrected chi connectivity index (χ4v) is 1.83. The average Bonchev–Trinajstić information content (AvgIpc) is 2.03. The van der Waals surface area contributed by atoms with Gasteiger partial charge in [-0.25, -0.2) is 8.42 Å². The first kappa shape index (κ1) is 9.11. The van der Waals surface area contributed by atoms with Crippen LogP contribution in [0.15, 0.2) is 29.2 Å². The van der Waals surface area contributed by atoms with Crippen molar-refractivity contribution in [3.63, 3.8) is 0 Å². The number of rotatable bonds is 1. The normalized spacial score (nSPS) is 10.7. The van der Waals surface area contributed by atoms with Crippen LogP contribution in [0.3, 0.4) is 0 Å². The molecule has 0 amide bonds. The molecule has 0 bridgehead atoms. The van der Waals surface area contributed by atoms with E-state index < -0.39 is 9.05 Å². The topological polar surface area (TPSA) is 34.1 Å². The van der Waals surface area contributed by atoms with Gasteiger partial charge in [0, 0.05) is 16.2 Å². The Morgan fingerprint density at radius 2 is 1.92 bits per heavy atom. The quantitative estimate of drug-likeness (QED) is 0.510. The van der Waals surface area contributed by atoms with Crippen molar-refractivity contribution in [2.45, 2.75) is 4.90 Å². The molecule has 0 heterocycles. The zero-order valence-corrected chi connectivity index (χ0v) is 7.56. The minimum Gasteiger partial charge on any atom is -0.207 e. The second-order valence-corrected chi connectivity index (χ2v) is 4.61. The van der Waals surface area contributed by atoms with Crippen LogP contribution in [0.2, 0.25) is 0 Å². The highest BCUT2D eigenvalue weighted by Crippen LogP contribution is 2.18. The molecular formula is C8H5ClO2S. The lowest BCUT2D eigenvalue weighted by Gasteiger charge is -1.97. The number of hydrogen-bond acceptors (Lipinski definition) is 2. The Kier molecular flexibility index (Phi) is 2.41. The Bertz CT molecular complexity index is 429. The minimum absolute atomic E-state index is 0.0193. The van der Waals surface area contributed by atoms with E-state index in [9.17, 15) is 8.42 Å². The van der Waals surface area contributed by atoms with E-state index >= 15 is 0 Å². The van der Waals surface area contributed by atoms with E-state index in [1.807, 2.05) is 0 Å². The molecule has 4 heteroatoms. The molecule has 0 saturated heterocycles. The SMILES string of the molecule is C#Cc1ccccc1S(=O)(=O)Cl. The zero-order valence-electron chi connectivity index (χ0n) is 5.99. The molecule has 62 valence electrons. The predicted molar refractivity (Wildman–Crippen MR) is 47.4 cm³/mol. The molecule has 2 nitrogen and oxygen atoms in total. The van der Waals surface area contributed by atoms with Gasteiger partial charge in [0.15, 0.2) is 0 Å². The zero-order chi connectivity index (χ0) is 9.19. The van der Waals surface area contributed by atoms with Crippen molar-refractivity contribution in [3.05, 3.63) is 29.8 Å². The number of benzene rings is 1. The van der Waals surface area contributed by atoms with Crippen LogP contribution in [0, 0.1) is 12.3 Å². The summed E-state index contributed by atoms with van der Waals surface area (Å²) < 4.78 is 21.8. The Hall–Kier alpha value is -0.980. The summed E-state index contributed by atoms with van der Waals surface area (Å²) >= 11 is 0. The highest BCUT2D eigenvalue weighted by atomic mass is 35.7. The van der Waals surface area contributed by atoms with Crippen molar-refractivity contribution in [3.8, 4) is 12.3 Å². The molecule has 12 heavy (non-hydrogen) atoms. The summed E-state index contributed by atoms with van der Waals surface area (Å²) in [7, 11) is 1.40. The van der Waals surface area contributed by atoms with Crippen LogP contribution in [0.5, 0.6) is 0 Å². The number of hydrogen-bond donors (Lipinski definition) is 0. The number of terminal acetylenes is 1. The minimum atomic E-state index is -3.72. The van der Waals surface area contributed by atoms with Crippen LogP contribution in [-0.2, 0) is 9.05 Å². The van der Waals surface area contributed by atoms with Gasteiger partial charge in [0.05, 0.1) is 4.90 Å². The highest BCUT2D eigenvalue weighted by Gasteiger charge is 2.12. The van der Waals surface area contributed by atoms with E-state index in [1.54, 1.807) is 12.1 Å². The first-order valence-corrected chi connectivity index (χ1v) is 5.37. The summed E-state index contributed by atoms with van der Waals surface area (Å²) in [4.78, 5) is -0.0193. The molecule has 0 unspecified atom stereocenters. The van der Waals surface area contributed by atoms with E-state index in [0.29, 0.717) is 0 Å². The van der Waals surface area contributed by atoms with Gasteiger partial charge < -0.3 is 0 Å². The lowest BCUT2D eigenvalue weighted by atomic mass is 10.2. The predicted octanol–water partition coefficient (Wildman–Crippen LogP) is 1.60. The van der Waals surface area contributed by atoms with Crippen molar-refractivity contribution >= 4 is 19.7 Å². The monoisotopic (exact) mass is 200 g/mol. The summed E-state index contributed by atoms with van der Waals surface area (Å²) in [5.41, 5.74) is 0.285. The van der Waals surface area contributed by atoms with Crippen LogP contribution in [0.25, 0.3) is 0 Å². The van der Waals surface area contributed by atoms with E-state index in [0.717, 1.165) is 0 Å². The van der Waals surface area contributed by atoms with Gasteiger partial charge in [-0.2, -0.15) is 0 Å². The van der Waals surface area contributed by atoms with Gasteiger partial charge in [-0.1, -0.05) is 18.1 Å². The van der Waals surface area contributed by atoms with Gasteiger partial charge in [0.25, 0.3) is 9.05 Å². The first-order valence-electron chi connectivity index (χ1n) is 3.06. The van der Waals surface area contributed by atoms with E-state index in [4.69, 9.17) is 17.1 Å². The van der Waals surface area contributed by atoms with Crippen molar-refractivity contribution < 1.29 is 8.42 Å². The lowest BCUT2D eigenvalue weighted by Crippen LogP contribution is -1.93. The van der Waals surface area contributed by atoms with Crippen molar-refractivity contribution in [1.29, 1.82) is 0 Å². The fourth-order valence-electron chi connectivity index (χ4n) is 0.798. The van der Waals surface area contributed by atoms with E-state index in [2.05, 4.69) is 5.92 Å². The van der Waals surface area contributed by atoms with Crippen LogP contribution >= 0.6 is 10.7 Å². The summed E-state index contributed by atoms with van der Waals surface area (Å²) in [5, 5.41) is 0. The van der Waals surface area contributed by atoms with Gasteiger partial charge in [0.1, 0.15) is 0 Å². The lowest BCUT2D eigenvalue weighted by molar-refractivity contribution is 0.609. The van der Waals surface area contributed by atoms with Crippen molar-refractivity contribution in [2.24, 2.45) is 0 Å². The van der Waals surface area contributed by atoms with Crippen LogP contribution < -0.4 is 0 Å². The molecule has 0 aliphatic rings. The third-order valence-corrected chi connectivity index (χ3v) is 2.69. The molecule has 1 aromatic rings.